The van der Waals surface area contributed by atoms with Crippen LogP contribution in [0.3, 0.4) is 0 Å². The highest BCUT2D eigenvalue weighted by Gasteiger charge is 2.25. The molecule has 33 heavy (non-hydrogen) atoms. The Morgan fingerprint density at radius 2 is 1.94 bits per heavy atom. The number of fused-ring (bicyclic) bond motifs is 1. The van der Waals surface area contributed by atoms with Gasteiger partial charge in [-0.2, -0.15) is 0 Å². The van der Waals surface area contributed by atoms with Gasteiger partial charge in [-0.3, -0.25) is 19.1 Å². The van der Waals surface area contributed by atoms with Crippen molar-refractivity contribution in [1.82, 2.24) is 9.55 Å². The van der Waals surface area contributed by atoms with Gasteiger partial charge in [0.05, 0.1) is 19.0 Å². The molecule has 2 heterocycles. The van der Waals surface area contributed by atoms with Crippen molar-refractivity contribution in [2.24, 2.45) is 0 Å². The minimum absolute atomic E-state index is 0.0595. The molecule has 0 aliphatic carbocycles. The summed E-state index contributed by atoms with van der Waals surface area (Å²) < 4.78 is 7.08. The van der Waals surface area contributed by atoms with Gasteiger partial charge in [0, 0.05) is 39.8 Å². The molecule has 0 aliphatic rings. The Hall–Kier alpha value is -3.16. The summed E-state index contributed by atoms with van der Waals surface area (Å²) in [4.78, 5) is 32.9. The fourth-order valence-corrected chi connectivity index (χ4v) is 4.75. The third-order valence-electron chi connectivity index (χ3n) is 5.56. The molecular weight excluding hydrogens is 458 g/mol. The van der Waals surface area contributed by atoms with Crippen LogP contribution in [0.5, 0.6) is 5.75 Å². The van der Waals surface area contributed by atoms with Crippen LogP contribution in [-0.2, 0) is 11.2 Å². The second kappa shape index (κ2) is 9.77. The lowest BCUT2D eigenvalue weighted by molar-refractivity contribution is -0.118. The van der Waals surface area contributed by atoms with Crippen LogP contribution in [0.15, 0.2) is 54.0 Å². The van der Waals surface area contributed by atoms with Crippen molar-refractivity contribution in [2.45, 2.75) is 26.7 Å². The minimum atomic E-state index is -0.177. The summed E-state index contributed by atoms with van der Waals surface area (Å²) in [6.07, 6.45) is 2.66. The Labute approximate surface area is 201 Å². The van der Waals surface area contributed by atoms with E-state index in [1.54, 1.807) is 47.0 Å². The second-order valence-electron chi connectivity index (χ2n) is 7.63. The maximum Gasteiger partial charge on any atom is 0.262 e. The largest absolute Gasteiger partial charge is 0.497 e. The summed E-state index contributed by atoms with van der Waals surface area (Å²) in [6, 6.07) is 12.3. The van der Waals surface area contributed by atoms with Gasteiger partial charge in [-0.05, 0) is 61.4 Å². The SMILES string of the molecule is CCCN(C(=O)Cc1c(C)n(C(=O)c2ccc(Cl)cc2)c2ccc(OC)cc12)c1nccs1. The molecule has 0 aliphatic heterocycles. The molecule has 2 aromatic heterocycles. The van der Waals surface area contributed by atoms with Crippen LogP contribution in [0.25, 0.3) is 10.9 Å². The number of nitrogens with zero attached hydrogens (tertiary/aromatic N) is 3. The van der Waals surface area contributed by atoms with Crippen molar-refractivity contribution in [3.63, 3.8) is 0 Å². The van der Waals surface area contributed by atoms with Gasteiger partial charge in [0.1, 0.15) is 5.75 Å². The van der Waals surface area contributed by atoms with E-state index >= 15 is 0 Å². The third-order valence-corrected chi connectivity index (χ3v) is 6.61. The van der Waals surface area contributed by atoms with Crippen molar-refractivity contribution < 1.29 is 14.3 Å². The monoisotopic (exact) mass is 481 g/mol. The van der Waals surface area contributed by atoms with Crippen LogP contribution in [-0.4, -0.2) is 35.0 Å². The molecule has 170 valence electrons. The standard InChI is InChI=1S/C25H24ClN3O3S/c1-4-12-28(25-27-11-13-33-25)23(30)15-20-16(2)29(22-10-9-19(32-3)14-21(20)22)24(31)17-5-7-18(26)8-6-17/h5-11,13-14H,4,12,15H2,1-3H3. The van der Waals surface area contributed by atoms with Crippen LogP contribution in [0, 0.1) is 6.92 Å². The van der Waals surface area contributed by atoms with Gasteiger partial charge in [0.2, 0.25) is 5.91 Å². The molecule has 0 bridgehead atoms. The van der Waals surface area contributed by atoms with E-state index in [4.69, 9.17) is 16.3 Å². The van der Waals surface area contributed by atoms with Crippen LogP contribution >= 0.6 is 22.9 Å². The zero-order valence-corrected chi connectivity index (χ0v) is 20.2. The predicted octanol–water partition coefficient (Wildman–Crippen LogP) is 5.74. The molecule has 4 aromatic rings. The maximum absolute atomic E-state index is 13.5. The first-order valence-corrected chi connectivity index (χ1v) is 11.9. The third kappa shape index (κ3) is 4.51. The Bertz CT molecular complexity index is 1300. The molecule has 0 saturated heterocycles. The van der Waals surface area contributed by atoms with Gasteiger partial charge in [0.15, 0.2) is 5.13 Å². The van der Waals surface area contributed by atoms with Crippen molar-refractivity contribution in [3.05, 3.63) is 75.9 Å². The molecule has 6 nitrogen and oxygen atoms in total. The van der Waals surface area contributed by atoms with Gasteiger partial charge < -0.3 is 4.74 Å². The minimum Gasteiger partial charge on any atom is -0.497 e. The number of carbonyl (C=O) groups excluding carboxylic acids is 2. The highest BCUT2D eigenvalue weighted by Crippen LogP contribution is 2.31. The van der Waals surface area contributed by atoms with E-state index in [2.05, 4.69) is 4.98 Å². The number of halogens is 1. The zero-order chi connectivity index (χ0) is 23.5. The maximum atomic E-state index is 13.5. The number of anilines is 1. The molecule has 4 rings (SSSR count). The van der Waals surface area contributed by atoms with Crippen LogP contribution in [0.1, 0.15) is 35.0 Å². The number of benzene rings is 2. The first kappa shape index (κ1) is 23.0. The lowest BCUT2D eigenvalue weighted by Gasteiger charge is -2.19. The molecule has 1 amide bonds. The van der Waals surface area contributed by atoms with E-state index < -0.39 is 0 Å². The van der Waals surface area contributed by atoms with Crippen molar-refractivity contribution >= 4 is 50.8 Å². The highest BCUT2D eigenvalue weighted by molar-refractivity contribution is 7.13. The molecule has 0 radical (unpaired) electrons. The summed E-state index contributed by atoms with van der Waals surface area (Å²) in [5.41, 5.74) is 2.77. The Kier molecular flexibility index (Phi) is 6.81. The van der Waals surface area contributed by atoms with E-state index in [0.717, 1.165) is 28.6 Å². The van der Waals surface area contributed by atoms with Crippen molar-refractivity contribution in [3.8, 4) is 5.75 Å². The van der Waals surface area contributed by atoms with Crippen molar-refractivity contribution in [1.29, 1.82) is 0 Å². The van der Waals surface area contributed by atoms with E-state index in [1.165, 1.54) is 11.3 Å². The normalized spacial score (nSPS) is 11.0. The molecule has 0 saturated carbocycles. The molecule has 2 aromatic carbocycles. The predicted molar refractivity (Wildman–Crippen MR) is 133 cm³/mol. The number of amides is 1. The molecule has 0 spiro atoms. The first-order valence-electron chi connectivity index (χ1n) is 10.6. The number of hydrogen-bond donors (Lipinski definition) is 0. The summed E-state index contributed by atoms with van der Waals surface area (Å²) in [6.45, 7) is 4.48. The molecule has 0 N–H and O–H groups in total. The number of aromatic nitrogens is 2. The molecule has 0 fully saturated rings. The van der Waals surface area contributed by atoms with Gasteiger partial charge in [-0.25, -0.2) is 4.98 Å². The Morgan fingerprint density at radius 3 is 2.58 bits per heavy atom. The number of carbonyl (C=O) groups is 2. The molecule has 0 unspecified atom stereocenters. The first-order chi connectivity index (χ1) is 15.9. The summed E-state index contributed by atoms with van der Waals surface area (Å²) >= 11 is 7.44. The van der Waals surface area contributed by atoms with Gasteiger partial charge in [-0.1, -0.05) is 18.5 Å². The zero-order valence-electron chi connectivity index (χ0n) is 18.7. The smallest absolute Gasteiger partial charge is 0.262 e. The van der Waals surface area contributed by atoms with E-state index in [1.807, 2.05) is 37.4 Å². The van der Waals surface area contributed by atoms with Crippen LogP contribution in [0.2, 0.25) is 5.02 Å². The average Bonchev–Trinajstić information content (AvgIpc) is 3.44. The second-order valence-corrected chi connectivity index (χ2v) is 8.94. The lowest BCUT2D eigenvalue weighted by Crippen LogP contribution is -2.33. The van der Waals surface area contributed by atoms with E-state index in [9.17, 15) is 9.59 Å². The molecule has 8 heteroatoms. The number of ether oxygens (including phenoxy) is 1. The number of rotatable bonds is 7. The number of thiazole rings is 1. The quantitative estimate of drug-likeness (QED) is 0.337. The topological polar surface area (TPSA) is 64.4 Å². The van der Waals surface area contributed by atoms with Gasteiger partial charge in [0.25, 0.3) is 5.91 Å². The summed E-state index contributed by atoms with van der Waals surface area (Å²) in [5.74, 6) is 0.428. The summed E-state index contributed by atoms with van der Waals surface area (Å²) in [7, 11) is 1.60. The summed E-state index contributed by atoms with van der Waals surface area (Å²) in [5, 5.41) is 3.92. The molecule has 0 atom stereocenters. The fraction of sp³-hybridized carbons (Fsp3) is 0.240. The molecular formula is C25H24ClN3O3S. The lowest BCUT2D eigenvalue weighted by atomic mass is 10.1. The number of methoxy groups -OCH3 is 1. The number of hydrogen-bond acceptors (Lipinski definition) is 5. The highest BCUT2D eigenvalue weighted by atomic mass is 35.5. The van der Waals surface area contributed by atoms with Crippen LogP contribution < -0.4 is 9.64 Å². The fourth-order valence-electron chi connectivity index (χ4n) is 3.94. The van der Waals surface area contributed by atoms with E-state index in [-0.39, 0.29) is 18.2 Å². The van der Waals surface area contributed by atoms with Gasteiger partial charge in [-0.15, -0.1) is 11.3 Å². The van der Waals surface area contributed by atoms with Crippen molar-refractivity contribution in [2.75, 3.05) is 18.6 Å². The Morgan fingerprint density at radius 1 is 1.18 bits per heavy atom. The Balaban J connectivity index is 1.80. The van der Waals surface area contributed by atoms with E-state index in [0.29, 0.717) is 28.0 Å². The van der Waals surface area contributed by atoms with Crippen LogP contribution in [0.4, 0.5) is 5.13 Å². The van der Waals surface area contributed by atoms with Gasteiger partial charge >= 0.3 is 0 Å². The average molecular weight is 482 g/mol.